The monoisotopic (exact) mass is 452 g/mol. The first-order valence-corrected chi connectivity index (χ1v) is 12.4. The molecule has 5 rings (SSSR count). The van der Waals surface area contributed by atoms with Crippen LogP contribution in [0.2, 0.25) is 0 Å². The maximum absolute atomic E-state index is 13.8. The molecule has 33 heavy (non-hydrogen) atoms. The van der Waals surface area contributed by atoms with Crippen LogP contribution >= 0.6 is 11.8 Å². The summed E-state index contributed by atoms with van der Waals surface area (Å²) in [6, 6.07) is 22.6. The number of benzene rings is 3. The zero-order valence-electron chi connectivity index (χ0n) is 18.8. The van der Waals surface area contributed by atoms with Crippen molar-refractivity contribution in [3.05, 3.63) is 114 Å². The summed E-state index contributed by atoms with van der Waals surface area (Å²) >= 11 is 1.83. The first-order valence-electron chi connectivity index (χ1n) is 11.0. The van der Waals surface area contributed by atoms with Gasteiger partial charge in [0.2, 0.25) is 5.82 Å². The molecular weight excluding hydrogens is 426 g/mol. The highest BCUT2D eigenvalue weighted by Crippen LogP contribution is 2.39. The molecule has 0 saturated heterocycles. The van der Waals surface area contributed by atoms with E-state index in [1.54, 1.807) is 6.33 Å². The van der Waals surface area contributed by atoms with Crippen LogP contribution in [-0.4, -0.2) is 34.8 Å². The van der Waals surface area contributed by atoms with Gasteiger partial charge in [0, 0.05) is 5.56 Å². The zero-order valence-corrected chi connectivity index (χ0v) is 19.6. The van der Waals surface area contributed by atoms with Gasteiger partial charge in [0.25, 0.3) is 0 Å². The first kappa shape index (κ1) is 21.4. The number of rotatable bonds is 7. The van der Waals surface area contributed by atoms with Crippen LogP contribution in [0.15, 0.2) is 97.2 Å². The number of hydrogen-bond acceptors (Lipinski definition) is 3. The van der Waals surface area contributed by atoms with E-state index in [1.807, 2.05) is 48.4 Å². The highest BCUT2D eigenvalue weighted by molar-refractivity contribution is 7.98. The molecule has 0 fully saturated rings. The number of ketones is 1. The van der Waals surface area contributed by atoms with E-state index in [-0.39, 0.29) is 5.78 Å². The van der Waals surface area contributed by atoms with Crippen molar-refractivity contribution < 1.29 is 4.79 Å². The summed E-state index contributed by atoms with van der Waals surface area (Å²) in [6.45, 7) is 0. The van der Waals surface area contributed by atoms with E-state index in [2.05, 4.69) is 71.9 Å². The van der Waals surface area contributed by atoms with E-state index in [0.29, 0.717) is 15.6 Å². The van der Waals surface area contributed by atoms with Crippen molar-refractivity contribution in [3.8, 4) is 0 Å². The summed E-state index contributed by atoms with van der Waals surface area (Å²) in [7, 11) is 2.06. The van der Waals surface area contributed by atoms with Gasteiger partial charge in [-0.3, -0.25) is 9.78 Å². The fraction of sp³-hybridized carbons (Fsp3) is 0.143. The highest BCUT2D eigenvalue weighted by atomic mass is 32.2. The molecule has 2 heterocycles. The number of quaternary nitrogens is 1. The molecule has 4 aromatic rings. The number of thioether (sulfide) groups is 1. The number of Topliss-reactive ketones (excluding diaryl/α,β-unsaturated/α-hetero) is 1. The number of nitrogens with one attached hydrogen (secondary N) is 1. The normalized spacial score (nSPS) is 17.8. The van der Waals surface area contributed by atoms with E-state index in [9.17, 15) is 4.79 Å². The second-order valence-corrected chi connectivity index (χ2v) is 9.45. The van der Waals surface area contributed by atoms with Gasteiger partial charge in [-0.05, 0) is 40.3 Å². The number of allylic oxidation sites excluding steroid dienone is 2. The lowest BCUT2D eigenvalue weighted by molar-refractivity contribution is 0.103. The van der Waals surface area contributed by atoms with Gasteiger partial charge in [0.1, 0.15) is 18.6 Å². The zero-order chi connectivity index (χ0) is 22.8. The van der Waals surface area contributed by atoms with Crippen molar-refractivity contribution in [3.63, 3.8) is 0 Å². The molecule has 0 spiro atoms. The Kier molecular flexibility index (Phi) is 5.75. The molecule has 164 valence electrons. The van der Waals surface area contributed by atoms with E-state index in [4.69, 9.17) is 0 Å². The fourth-order valence-electron chi connectivity index (χ4n) is 4.42. The van der Waals surface area contributed by atoms with Crippen LogP contribution in [0.3, 0.4) is 0 Å². The van der Waals surface area contributed by atoms with Crippen LogP contribution in [0.4, 0.5) is 5.82 Å². The topological polar surface area (TPSA) is 45.8 Å². The van der Waals surface area contributed by atoms with Crippen molar-refractivity contribution in [2.45, 2.75) is 6.42 Å². The lowest BCUT2D eigenvalue weighted by Crippen LogP contribution is -2.31. The van der Waals surface area contributed by atoms with E-state index in [1.165, 1.54) is 5.56 Å². The van der Waals surface area contributed by atoms with Crippen molar-refractivity contribution in [2.24, 2.45) is 0 Å². The lowest BCUT2D eigenvalue weighted by Gasteiger charge is -2.19. The smallest absolute Gasteiger partial charge is 0.234 e. The SMILES string of the molecule is CSCCc1ccc(C(=O)C2=C[N+](C)(c3cnc[nH]3)C=C2c2cccc3ccccc23)cc1. The minimum absolute atomic E-state index is 0.0342. The number of carbonyl (C=O) groups is 1. The Morgan fingerprint density at radius 2 is 1.79 bits per heavy atom. The van der Waals surface area contributed by atoms with Gasteiger partial charge >= 0.3 is 0 Å². The third-order valence-electron chi connectivity index (χ3n) is 6.22. The number of carbonyl (C=O) groups excluding carboxylic acids is 1. The Morgan fingerprint density at radius 1 is 1.00 bits per heavy atom. The fourth-order valence-corrected chi connectivity index (χ4v) is 4.86. The molecule has 0 radical (unpaired) electrons. The van der Waals surface area contributed by atoms with Crippen LogP contribution in [0.5, 0.6) is 0 Å². The summed E-state index contributed by atoms with van der Waals surface area (Å²) in [5.74, 6) is 2.02. The van der Waals surface area contributed by atoms with Gasteiger partial charge in [-0.15, -0.1) is 0 Å². The predicted octanol–water partition coefficient (Wildman–Crippen LogP) is 6.23. The van der Waals surface area contributed by atoms with Crippen molar-refractivity contribution in [1.29, 1.82) is 0 Å². The molecule has 1 aliphatic rings. The molecule has 1 aliphatic heterocycles. The van der Waals surface area contributed by atoms with Crippen LogP contribution in [-0.2, 0) is 6.42 Å². The highest BCUT2D eigenvalue weighted by Gasteiger charge is 2.36. The van der Waals surface area contributed by atoms with Crippen LogP contribution in [0, 0.1) is 0 Å². The molecule has 1 N–H and O–H groups in total. The van der Waals surface area contributed by atoms with Crippen LogP contribution < -0.4 is 4.48 Å². The number of aromatic amines is 1. The standard InChI is InChI=1S/C28H26N3OS/c1-31(27-16-29-19-30-27)17-25(24-9-5-7-21-6-3-4-8-23(21)24)26(18-31)28(32)22-12-10-20(11-13-22)14-15-33-2/h3-13,16-19H,14-15H2,1-2H3,(H,29,30)/q+1. The first-order chi connectivity index (χ1) is 16.1. The summed E-state index contributed by atoms with van der Waals surface area (Å²) < 4.78 is 0.353. The molecular formula is C28H26N3OS+. The number of fused-ring (bicyclic) bond motifs is 1. The molecule has 4 nitrogen and oxygen atoms in total. The molecule has 0 aliphatic carbocycles. The predicted molar refractivity (Wildman–Crippen MR) is 139 cm³/mol. The Labute approximate surface area is 198 Å². The van der Waals surface area contributed by atoms with Crippen molar-refractivity contribution in [2.75, 3.05) is 19.1 Å². The van der Waals surface area contributed by atoms with E-state index in [0.717, 1.165) is 39.9 Å². The Balaban J connectivity index is 1.60. The number of aryl methyl sites for hydroxylation is 1. The molecule has 1 atom stereocenters. The maximum atomic E-state index is 13.8. The third kappa shape index (κ3) is 4.06. The van der Waals surface area contributed by atoms with Gasteiger partial charge in [-0.2, -0.15) is 11.8 Å². The molecule has 0 saturated carbocycles. The Bertz CT molecular complexity index is 1360. The number of imidazole rings is 1. The van der Waals surface area contributed by atoms with Gasteiger partial charge < -0.3 is 0 Å². The van der Waals surface area contributed by atoms with Crippen molar-refractivity contribution >= 4 is 39.7 Å². The average molecular weight is 453 g/mol. The molecule has 3 aromatic carbocycles. The van der Waals surface area contributed by atoms with Crippen molar-refractivity contribution in [1.82, 2.24) is 14.5 Å². The molecule has 0 amide bonds. The Morgan fingerprint density at radius 3 is 2.55 bits per heavy atom. The number of hydrogen-bond donors (Lipinski definition) is 1. The van der Waals surface area contributed by atoms with Gasteiger partial charge in [0.05, 0.1) is 24.5 Å². The summed E-state index contributed by atoms with van der Waals surface area (Å²) in [6.07, 6.45) is 10.8. The van der Waals surface area contributed by atoms with Gasteiger partial charge in [0.15, 0.2) is 5.78 Å². The number of nitrogens with zero attached hydrogens (tertiary/aromatic N) is 2. The summed E-state index contributed by atoms with van der Waals surface area (Å²) in [5.41, 5.74) is 4.67. The van der Waals surface area contributed by atoms with E-state index >= 15 is 0 Å². The third-order valence-corrected chi connectivity index (χ3v) is 6.84. The number of aromatic nitrogens is 2. The minimum atomic E-state index is 0.0342. The lowest BCUT2D eigenvalue weighted by atomic mass is 9.91. The van der Waals surface area contributed by atoms with Crippen LogP contribution in [0.1, 0.15) is 21.5 Å². The summed E-state index contributed by atoms with van der Waals surface area (Å²) in [5, 5.41) is 2.29. The molecule has 5 heteroatoms. The Hall–Kier alpha value is -3.41. The quantitative estimate of drug-likeness (QED) is 0.267. The van der Waals surface area contributed by atoms with Crippen LogP contribution in [0.25, 0.3) is 16.3 Å². The van der Waals surface area contributed by atoms with Gasteiger partial charge in [-0.1, -0.05) is 66.7 Å². The van der Waals surface area contributed by atoms with Gasteiger partial charge in [-0.25, -0.2) is 9.47 Å². The second kappa shape index (κ2) is 8.85. The molecule has 0 bridgehead atoms. The average Bonchev–Trinajstić information content (AvgIpc) is 3.52. The molecule has 1 unspecified atom stereocenters. The molecule has 1 aromatic heterocycles. The largest absolute Gasteiger partial charge is 0.300 e. The maximum Gasteiger partial charge on any atom is 0.234 e. The number of H-pyrrole nitrogens is 1. The van der Waals surface area contributed by atoms with E-state index < -0.39 is 0 Å². The minimum Gasteiger partial charge on any atom is -0.300 e. The second-order valence-electron chi connectivity index (χ2n) is 8.47. The summed E-state index contributed by atoms with van der Waals surface area (Å²) in [4.78, 5) is 21.2.